The van der Waals surface area contributed by atoms with E-state index in [2.05, 4.69) is 11.4 Å². The summed E-state index contributed by atoms with van der Waals surface area (Å²) in [6, 6.07) is 12.0. The van der Waals surface area contributed by atoms with E-state index in [-0.39, 0.29) is 0 Å². The van der Waals surface area contributed by atoms with Crippen LogP contribution >= 0.6 is 11.6 Å². The van der Waals surface area contributed by atoms with E-state index in [0.29, 0.717) is 0 Å². The predicted octanol–water partition coefficient (Wildman–Crippen LogP) is 4.47. The largest absolute Gasteiger partial charge is 0.457 e. The Labute approximate surface area is 119 Å². The van der Waals surface area contributed by atoms with Crippen molar-refractivity contribution in [1.82, 2.24) is 5.32 Å². The number of aryl methyl sites for hydroxylation is 2. The highest BCUT2D eigenvalue weighted by atomic mass is 35.5. The van der Waals surface area contributed by atoms with Crippen LogP contribution in [0, 0.1) is 13.8 Å². The minimum absolute atomic E-state index is 0.802. The van der Waals surface area contributed by atoms with Crippen molar-refractivity contribution in [3.63, 3.8) is 0 Å². The SMILES string of the molecule is CNCc1cccc(Oc2cc(C)c(Cl)c(C)c2)c1. The normalized spacial score (nSPS) is 10.5. The smallest absolute Gasteiger partial charge is 0.128 e. The lowest BCUT2D eigenvalue weighted by molar-refractivity contribution is 0.481. The lowest BCUT2D eigenvalue weighted by Crippen LogP contribution is -2.04. The van der Waals surface area contributed by atoms with E-state index >= 15 is 0 Å². The van der Waals surface area contributed by atoms with E-state index in [1.165, 1.54) is 5.56 Å². The summed E-state index contributed by atoms with van der Waals surface area (Å²) >= 11 is 6.16. The zero-order valence-corrected chi connectivity index (χ0v) is 12.2. The lowest BCUT2D eigenvalue weighted by Gasteiger charge is -2.10. The van der Waals surface area contributed by atoms with Crippen LogP contribution in [0.2, 0.25) is 5.02 Å². The summed E-state index contributed by atoms with van der Waals surface area (Å²) < 4.78 is 5.90. The molecule has 0 spiro atoms. The number of halogens is 1. The molecule has 0 saturated heterocycles. The van der Waals surface area contributed by atoms with Gasteiger partial charge in [0.15, 0.2) is 0 Å². The number of hydrogen-bond acceptors (Lipinski definition) is 2. The molecule has 2 nitrogen and oxygen atoms in total. The van der Waals surface area contributed by atoms with Crippen molar-refractivity contribution in [2.75, 3.05) is 7.05 Å². The van der Waals surface area contributed by atoms with Gasteiger partial charge in [0.25, 0.3) is 0 Å². The standard InChI is InChI=1S/C16H18ClNO/c1-11-7-15(8-12(2)16(11)17)19-14-6-4-5-13(9-14)10-18-3/h4-9,18H,10H2,1-3H3. The summed E-state index contributed by atoms with van der Waals surface area (Å²) in [5, 5.41) is 3.93. The molecule has 2 aromatic carbocycles. The third kappa shape index (κ3) is 3.49. The third-order valence-corrected chi connectivity index (χ3v) is 3.52. The van der Waals surface area contributed by atoms with Gasteiger partial charge in [-0.3, -0.25) is 0 Å². The lowest BCUT2D eigenvalue weighted by atomic mass is 10.1. The van der Waals surface area contributed by atoms with Gasteiger partial charge in [0.1, 0.15) is 11.5 Å². The van der Waals surface area contributed by atoms with Crippen molar-refractivity contribution in [3.8, 4) is 11.5 Å². The molecule has 3 heteroatoms. The summed E-state index contributed by atoms with van der Waals surface area (Å²) in [6.07, 6.45) is 0. The van der Waals surface area contributed by atoms with Crippen LogP contribution in [0.3, 0.4) is 0 Å². The molecule has 0 bridgehead atoms. The van der Waals surface area contributed by atoms with Crippen LogP contribution in [0.4, 0.5) is 0 Å². The zero-order valence-electron chi connectivity index (χ0n) is 11.5. The molecule has 0 aliphatic carbocycles. The van der Waals surface area contributed by atoms with Gasteiger partial charge in [-0.05, 0) is 61.9 Å². The maximum atomic E-state index is 6.16. The van der Waals surface area contributed by atoms with Crippen LogP contribution in [0.5, 0.6) is 11.5 Å². The Bertz CT molecular complexity index is 558. The van der Waals surface area contributed by atoms with E-state index in [4.69, 9.17) is 16.3 Å². The van der Waals surface area contributed by atoms with Crippen LogP contribution in [-0.4, -0.2) is 7.05 Å². The molecule has 1 N–H and O–H groups in total. The summed E-state index contributed by atoms with van der Waals surface area (Å²) in [5.41, 5.74) is 3.26. The second-order valence-corrected chi connectivity index (χ2v) is 5.03. The van der Waals surface area contributed by atoms with Gasteiger partial charge in [-0.1, -0.05) is 23.7 Å². The second-order valence-electron chi connectivity index (χ2n) is 4.65. The summed E-state index contributed by atoms with van der Waals surface area (Å²) in [6.45, 7) is 4.80. The van der Waals surface area contributed by atoms with Crippen LogP contribution in [0.15, 0.2) is 36.4 Å². The summed E-state index contributed by atoms with van der Waals surface area (Å²) in [7, 11) is 1.93. The highest BCUT2D eigenvalue weighted by Gasteiger charge is 2.05. The second kappa shape index (κ2) is 6.09. The molecule has 0 amide bonds. The van der Waals surface area contributed by atoms with Crippen molar-refractivity contribution in [2.24, 2.45) is 0 Å². The van der Waals surface area contributed by atoms with Crippen LogP contribution in [0.25, 0.3) is 0 Å². The maximum absolute atomic E-state index is 6.16. The van der Waals surface area contributed by atoms with E-state index in [9.17, 15) is 0 Å². The number of rotatable bonds is 4. The minimum Gasteiger partial charge on any atom is -0.457 e. The van der Waals surface area contributed by atoms with E-state index in [1.807, 2.05) is 51.2 Å². The molecule has 0 radical (unpaired) electrons. The predicted molar refractivity (Wildman–Crippen MR) is 80.2 cm³/mol. The van der Waals surface area contributed by atoms with Gasteiger partial charge in [-0.2, -0.15) is 0 Å². The van der Waals surface area contributed by atoms with Crippen molar-refractivity contribution in [3.05, 3.63) is 58.1 Å². The molecule has 2 aromatic rings. The van der Waals surface area contributed by atoms with Gasteiger partial charge < -0.3 is 10.1 Å². The van der Waals surface area contributed by atoms with Crippen molar-refractivity contribution in [1.29, 1.82) is 0 Å². The molecule has 19 heavy (non-hydrogen) atoms. The molecule has 0 saturated carbocycles. The summed E-state index contributed by atoms with van der Waals surface area (Å²) in [4.78, 5) is 0. The van der Waals surface area contributed by atoms with Gasteiger partial charge in [-0.15, -0.1) is 0 Å². The molecule has 0 aliphatic heterocycles. The molecule has 0 atom stereocenters. The van der Waals surface area contributed by atoms with Gasteiger partial charge in [0.2, 0.25) is 0 Å². The van der Waals surface area contributed by atoms with Gasteiger partial charge in [0, 0.05) is 11.6 Å². The van der Waals surface area contributed by atoms with E-state index in [0.717, 1.165) is 34.2 Å². The van der Waals surface area contributed by atoms with E-state index in [1.54, 1.807) is 0 Å². The Hall–Kier alpha value is -1.51. The van der Waals surface area contributed by atoms with Gasteiger partial charge >= 0.3 is 0 Å². The average Bonchev–Trinajstić information content (AvgIpc) is 2.37. The van der Waals surface area contributed by atoms with Gasteiger partial charge in [0.05, 0.1) is 0 Å². The van der Waals surface area contributed by atoms with E-state index < -0.39 is 0 Å². The fourth-order valence-corrected chi connectivity index (χ4v) is 2.13. The molecule has 0 fully saturated rings. The van der Waals surface area contributed by atoms with Gasteiger partial charge in [-0.25, -0.2) is 0 Å². The Balaban J connectivity index is 2.23. The first kappa shape index (κ1) is 13.9. The first-order valence-electron chi connectivity index (χ1n) is 6.28. The van der Waals surface area contributed by atoms with Crippen molar-refractivity contribution in [2.45, 2.75) is 20.4 Å². The molecule has 0 aromatic heterocycles. The number of hydrogen-bond donors (Lipinski definition) is 1. The number of benzene rings is 2. The molecule has 100 valence electrons. The Kier molecular flexibility index (Phi) is 4.46. The molecule has 2 rings (SSSR count). The fourth-order valence-electron chi connectivity index (χ4n) is 2.02. The minimum atomic E-state index is 0.802. The first-order valence-corrected chi connectivity index (χ1v) is 6.66. The molecule has 0 unspecified atom stereocenters. The Morgan fingerprint density at radius 3 is 2.37 bits per heavy atom. The van der Waals surface area contributed by atoms with Crippen LogP contribution in [0.1, 0.15) is 16.7 Å². The Morgan fingerprint density at radius 1 is 1.05 bits per heavy atom. The topological polar surface area (TPSA) is 21.3 Å². The monoisotopic (exact) mass is 275 g/mol. The Morgan fingerprint density at radius 2 is 1.74 bits per heavy atom. The quantitative estimate of drug-likeness (QED) is 0.889. The maximum Gasteiger partial charge on any atom is 0.128 e. The van der Waals surface area contributed by atoms with Crippen molar-refractivity contribution < 1.29 is 4.74 Å². The van der Waals surface area contributed by atoms with Crippen molar-refractivity contribution >= 4 is 11.6 Å². The highest BCUT2D eigenvalue weighted by Crippen LogP contribution is 2.29. The zero-order chi connectivity index (χ0) is 13.8. The summed E-state index contributed by atoms with van der Waals surface area (Å²) in [5.74, 6) is 1.66. The number of nitrogens with one attached hydrogen (secondary N) is 1. The van der Waals surface area contributed by atoms with Crippen LogP contribution < -0.4 is 10.1 Å². The number of ether oxygens (including phenoxy) is 1. The fraction of sp³-hybridized carbons (Fsp3) is 0.250. The molecular weight excluding hydrogens is 258 g/mol. The highest BCUT2D eigenvalue weighted by molar-refractivity contribution is 6.32. The average molecular weight is 276 g/mol. The molecular formula is C16H18ClNO. The third-order valence-electron chi connectivity index (χ3n) is 2.93. The first-order chi connectivity index (χ1) is 9.10. The molecule has 0 heterocycles. The van der Waals surface area contributed by atoms with Crippen LogP contribution in [-0.2, 0) is 6.54 Å². The molecule has 0 aliphatic rings.